The zero-order valence-corrected chi connectivity index (χ0v) is 13.9. The van der Waals surface area contributed by atoms with E-state index in [9.17, 15) is 5.11 Å². The predicted octanol–water partition coefficient (Wildman–Crippen LogP) is 2.70. The first kappa shape index (κ1) is 16.5. The zero-order valence-electron chi connectivity index (χ0n) is 13.9. The number of nitrogens with zero attached hydrogens (tertiary/aromatic N) is 1. The maximum atomic E-state index is 11.1. The number of rotatable bonds is 4. The summed E-state index contributed by atoms with van der Waals surface area (Å²) < 4.78 is 0. The second kappa shape index (κ2) is 7.49. The summed E-state index contributed by atoms with van der Waals surface area (Å²) >= 11 is 0. The first-order chi connectivity index (χ1) is 11.2. The van der Waals surface area contributed by atoms with Crippen LogP contribution in [0.2, 0.25) is 0 Å². The highest BCUT2D eigenvalue weighted by Gasteiger charge is 2.35. The molecule has 0 radical (unpaired) electrons. The third-order valence-electron chi connectivity index (χ3n) is 5.39. The van der Waals surface area contributed by atoms with Crippen LogP contribution >= 0.6 is 0 Å². The highest BCUT2D eigenvalue weighted by Crippen LogP contribution is 2.38. The van der Waals surface area contributed by atoms with Crippen LogP contribution in [0.5, 0.6) is 0 Å². The van der Waals surface area contributed by atoms with E-state index >= 15 is 0 Å². The van der Waals surface area contributed by atoms with Gasteiger partial charge in [0.2, 0.25) is 0 Å². The molecule has 2 N–H and O–H groups in total. The first-order valence-corrected chi connectivity index (χ1v) is 8.94. The molecular weight excluding hydrogens is 284 g/mol. The van der Waals surface area contributed by atoms with Crippen molar-refractivity contribution in [2.75, 3.05) is 26.2 Å². The maximum Gasteiger partial charge on any atom is 0.0666 e. The summed E-state index contributed by atoms with van der Waals surface area (Å²) in [6, 6.07) is 8.57. The third-order valence-corrected chi connectivity index (χ3v) is 5.39. The molecule has 1 atom stereocenters. The SMILES string of the molecule is C#Cc1cccc(C(CC2(O)CCCCC2)N2CCNCC2)c1. The van der Waals surface area contributed by atoms with Crippen LogP contribution in [0.3, 0.4) is 0 Å². The average molecular weight is 312 g/mol. The Bertz CT molecular complexity index is 551. The summed E-state index contributed by atoms with van der Waals surface area (Å²) in [5.74, 6) is 2.74. The lowest BCUT2D eigenvalue weighted by molar-refractivity contribution is -0.0296. The van der Waals surface area contributed by atoms with Crippen molar-refractivity contribution in [3.05, 3.63) is 35.4 Å². The number of terminal acetylenes is 1. The van der Waals surface area contributed by atoms with Gasteiger partial charge in [-0.25, -0.2) is 0 Å². The van der Waals surface area contributed by atoms with Gasteiger partial charge in [-0.3, -0.25) is 4.90 Å². The summed E-state index contributed by atoms with van der Waals surface area (Å²) in [5.41, 5.74) is 1.67. The molecule has 1 saturated carbocycles. The van der Waals surface area contributed by atoms with E-state index in [1.807, 2.05) is 12.1 Å². The smallest absolute Gasteiger partial charge is 0.0666 e. The molecule has 1 heterocycles. The minimum atomic E-state index is -0.514. The van der Waals surface area contributed by atoms with Gasteiger partial charge in [0.1, 0.15) is 0 Å². The van der Waals surface area contributed by atoms with E-state index in [2.05, 4.69) is 28.3 Å². The van der Waals surface area contributed by atoms with Crippen LogP contribution in [-0.2, 0) is 0 Å². The molecule has 0 amide bonds. The fourth-order valence-corrected chi connectivity index (χ4v) is 4.06. The van der Waals surface area contributed by atoms with E-state index in [-0.39, 0.29) is 6.04 Å². The van der Waals surface area contributed by atoms with E-state index in [0.29, 0.717) is 0 Å². The molecule has 0 spiro atoms. The highest BCUT2D eigenvalue weighted by atomic mass is 16.3. The van der Waals surface area contributed by atoms with E-state index < -0.39 is 5.60 Å². The minimum Gasteiger partial charge on any atom is -0.390 e. The molecule has 1 unspecified atom stereocenters. The van der Waals surface area contributed by atoms with Gasteiger partial charge in [-0.1, -0.05) is 37.3 Å². The second-order valence-electron chi connectivity index (χ2n) is 7.06. The lowest BCUT2D eigenvalue weighted by Gasteiger charge is -2.41. The second-order valence-corrected chi connectivity index (χ2v) is 7.06. The summed E-state index contributed by atoms with van der Waals surface area (Å²) in [6.45, 7) is 4.09. The van der Waals surface area contributed by atoms with Gasteiger partial charge in [-0.05, 0) is 37.0 Å². The van der Waals surface area contributed by atoms with Crippen molar-refractivity contribution in [1.29, 1.82) is 0 Å². The Balaban J connectivity index is 1.84. The number of hydrogen-bond donors (Lipinski definition) is 2. The monoisotopic (exact) mass is 312 g/mol. The minimum absolute atomic E-state index is 0.258. The molecule has 3 heteroatoms. The van der Waals surface area contributed by atoms with E-state index in [0.717, 1.165) is 63.8 Å². The van der Waals surface area contributed by atoms with Crippen molar-refractivity contribution < 1.29 is 5.11 Å². The van der Waals surface area contributed by atoms with Crippen molar-refractivity contribution >= 4 is 0 Å². The van der Waals surface area contributed by atoms with Gasteiger partial charge in [0.05, 0.1) is 5.60 Å². The van der Waals surface area contributed by atoms with Crippen LogP contribution in [0.4, 0.5) is 0 Å². The first-order valence-electron chi connectivity index (χ1n) is 8.94. The summed E-state index contributed by atoms with van der Waals surface area (Å²) in [4.78, 5) is 2.51. The Morgan fingerprint density at radius 1 is 1.22 bits per heavy atom. The molecule has 2 aliphatic rings. The van der Waals surface area contributed by atoms with E-state index in [1.54, 1.807) is 0 Å². The molecule has 3 rings (SSSR count). The van der Waals surface area contributed by atoms with Crippen LogP contribution in [0.1, 0.15) is 55.7 Å². The van der Waals surface area contributed by atoms with Gasteiger partial charge >= 0.3 is 0 Å². The fraction of sp³-hybridized carbons (Fsp3) is 0.600. The molecule has 2 fully saturated rings. The van der Waals surface area contributed by atoms with Crippen LogP contribution in [0.25, 0.3) is 0 Å². The third kappa shape index (κ3) is 4.14. The number of nitrogens with one attached hydrogen (secondary N) is 1. The Hall–Kier alpha value is -1.34. The normalized spacial score (nSPS) is 23.1. The van der Waals surface area contributed by atoms with Crippen LogP contribution in [-0.4, -0.2) is 41.8 Å². The Kier molecular flexibility index (Phi) is 5.38. The van der Waals surface area contributed by atoms with Crippen molar-refractivity contribution in [1.82, 2.24) is 10.2 Å². The quantitative estimate of drug-likeness (QED) is 0.839. The molecule has 1 aliphatic heterocycles. The largest absolute Gasteiger partial charge is 0.390 e. The molecule has 1 aromatic carbocycles. The van der Waals surface area contributed by atoms with Gasteiger partial charge in [0.25, 0.3) is 0 Å². The number of benzene rings is 1. The summed E-state index contributed by atoms with van der Waals surface area (Å²) in [5, 5.41) is 14.5. The van der Waals surface area contributed by atoms with Crippen molar-refractivity contribution in [3.63, 3.8) is 0 Å². The number of aliphatic hydroxyl groups is 1. The lowest BCUT2D eigenvalue weighted by atomic mass is 9.78. The van der Waals surface area contributed by atoms with Gasteiger partial charge in [-0.2, -0.15) is 0 Å². The fourth-order valence-electron chi connectivity index (χ4n) is 4.06. The maximum absolute atomic E-state index is 11.1. The molecule has 1 aromatic rings. The van der Waals surface area contributed by atoms with Gasteiger partial charge in [0, 0.05) is 37.8 Å². The predicted molar refractivity (Wildman–Crippen MR) is 94.2 cm³/mol. The highest BCUT2D eigenvalue weighted by molar-refractivity contribution is 5.36. The number of hydrogen-bond acceptors (Lipinski definition) is 3. The topological polar surface area (TPSA) is 35.5 Å². The van der Waals surface area contributed by atoms with Crippen LogP contribution in [0.15, 0.2) is 24.3 Å². The molecule has 23 heavy (non-hydrogen) atoms. The molecular formula is C20H28N2O. The van der Waals surface area contributed by atoms with Gasteiger partial charge in [0.15, 0.2) is 0 Å². The summed E-state index contributed by atoms with van der Waals surface area (Å²) in [7, 11) is 0. The molecule has 0 bridgehead atoms. The van der Waals surface area contributed by atoms with Crippen LogP contribution < -0.4 is 5.32 Å². The molecule has 0 aromatic heterocycles. The van der Waals surface area contributed by atoms with Crippen molar-refractivity contribution in [2.24, 2.45) is 0 Å². The standard InChI is InChI=1S/C20H28N2O/c1-2-17-7-6-8-18(15-17)19(22-13-11-21-12-14-22)16-20(23)9-4-3-5-10-20/h1,6-8,15,19,21,23H,3-5,9-14,16H2. The molecule has 124 valence electrons. The van der Waals surface area contributed by atoms with E-state index in [1.165, 1.54) is 12.0 Å². The van der Waals surface area contributed by atoms with Crippen molar-refractivity contribution in [2.45, 2.75) is 50.2 Å². The number of piperazine rings is 1. The average Bonchev–Trinajstić information content (AvgIpc) is 2.61. The molecule has 3 nitrogen and oxygen atoms in total. The van der Waals surface area contributed by atoms with Gasteiger partial charge < -0.3 is 10.4 Å². The lowest BCUT2D eigenvalue weighted by Crippen LogP contribution is -2.47. The molecule has 1 aliphatic carbocycles. The van der Waals surface area contributed by atoms with Crippen molar-refractivity contribution in [3.8, 4) is 12.3 Å². The van der Waals surface area contributed by atoms with E-state index in [4.69, 9.17) is 6.42 Å². The summed E-state index contributed by atoms with van der Waals surface area (Å²) in [6.07, 6.45) is 11.8. The van der Waals surface area contributed by atoms with Gasteiger partial charge in [-0.15, -0.1) is 6.42 Å². The zero-order chi connectivity index (χ0) is 16.1. The Morgan fingerprint density at radius 3 is 2.65 bits per heavy atom. The Labute approximate surface area is 140 Å². The Morgan fingerprint density at radius 2 is 1.96 bits per heavy atom. The molecule has 1 saturated heterocycles. The van der Waals surface area contributed by atoms with Crippen LogP contribution in [0, 0.1) is 12.3 Å².